The van der Waals surface area contributed by atoms with E-state index in [1.165, 1.54) is 16.7 Å². The Morgan fingerprint density at radius 2 is 1.55 bits per heavy atom. The summed E-state index contributed by atoms with van der Waals surface area (Å²) >= 11 is 0. The lowest BCUT2D eigenvalue weighted by atomic mass is 10.1. The summed E-state index contributed by atoms with van der Waals surface area (Å²) in [6.45, 7) is 3.66. The van der Waals surface area contributed by atoms with E-state index in [1.807, 2.05) is 13.1 Å². The van der Waals surface area contributed by atoms with Crippen LogP contribution < -0.4 is 5.32 Å². The van der Waals surface area contributed by atoms with Crippen molar-refractivity contribution < 1.29 is 5.11 Å². The standard InChI is InChI=1S/C19H26N2O/c1-20-15-18-7-9-19(10-8-18)16-21(13-14-22)12-11-17-5-3-2-4-6-17/h2-10,20,22H,11-16H2,1H3. The molecule has 0 atom stereocenters. The van der Waals surface area contributed by atoms with E-state index in [9.17, 15) is 5.11 Å². The zero-order chi connectivity index (χ0) is 15.6. The van der Waals surface area contributed by atoms with Gasteiger partial charge in [0.1, 0.15) is 0 Å². The van der Waals surface area contributed by atoms with Crippen LogP contribution in [0.1, 0.15) is 16.7 Å². The molecular formula is C19H26N2O. The molecule has 0 amide bonds. The molecule has 2 N–H and O–H groups in total. The average Bonchev–Trinajstić information content (AvgIpc) is 2.56. The van der Waals surface area contributed by atoms with Crippen LogP contribution in [0.15, 0.2) is 54.6 Å². The second-order valence-corrected chi connectivity index (χ2v) is 5.58. The largest absolute Gasteiger partial charge is 0.395 e. The first kappa shape index (κ1) is 16.7. The first-order chi connectivity index (χ1) is 10.8. The van der Waals surface area contributed by atoms with Gasteiger partial charge in [-0.25, -0.2) is 0 Å². The van der Waals surface area contributed by atoms with Gasteiger partial charge in [0.05, 0.1) is 6.61 Å². The van der Waals surface area contributed by atoms with Crippen molar-refractivity contribution in [1.82, 2.24) is 10.2 Å². The highest BCUT2D eigenvalue weighted by molar-refractivity contribution is 5.22. The highest BCUT2D eigenvalue weighted by Gasteiger charge is 2.06. The summed E-state index contributed by atoms with van der Waals surface area (Å²) in [7, 11) is 1.96. The summed E-state index contributed by atoms with van der Waals surface area (Å²) in [5, 5.41) is 12.4. The lowest BCUT2D eigenvalue weighted by Gasteiger charge is -2.21. The van der Waals surface area contributed by atoms with Crippen molar-refractivity contribution in [2.75, 3.05) is 26.7 Å². The number of benzene rings is 2. The predicted molar refractivity (Wildman–Crippen MR) is 91.7 cm³/mol. The topological polar surface area (TPSA) is 35.5 Å². The summed E-state index contributed by atoms with van der Waals surface area (Å²) in [5.41, 5.74) is 3.93. The molecule has 0 bridgehead atoms. The number of aliphatic hydroxyl groups is 1. The lowest BCUT2D eigenvalue weighted by molar-refractivity contribution is 0.191. The van der Waals surface area contributed by atoms with E-state index < -0.39 is 0 Å². The third-order valence-electron chi connectivity index (χ3n) is 3.79. The molecule has 0 heterocycles. The molecule has 2 aromatic rings. The van der Waals surface area contributed by atoms with Crippen LogP contribution in [-0.2, 0) is 19.5 Å². The van der Waals surface area contributed by atoms with Crippen molar-refractivity contribution in [3.8, 4) is 0 Å². The highest BCUT2D eigenvalue weighted by Crippen LogP contribution is 2.09. The number of aliphatic hydroxyl groups excluding tert-OH is 1. The van der Waals surface area contributed by atoms with Gasteiger partial charge in [-0.1, -0.05) is 54.6 Å². The van der Waals surface area contributed by atoms with Gasteiger partial charge in [0.25, 0.3) is 0 Å². The third kappa shape index (κ3) is 5.60. The number of nitrogens with one attached hydrogen (secondary N) is 1. The Balaban J connectivity index is 1.90. The maximum absolute atomic E-state index is 9.28. The van der Waals surface area contributed by atoms with E-state index in [4.69, 9.17) is 0 Å². The molecule has 0 aliphatic heterocycles. The van der Waals surface area contributed by atoms with Crippen LogP contribution in [0, 0.1) is 0 Å². The second kappa shape index (κ2) is 9.36. The van der Waals surface area contributed by atoms with E-state index >= 15 is 0 Å². The Kier molecular flexibility index (Phi) is 7.10. The molecule has 22 heavy (non-hydrogen) atoms. The minimum absolute atomic E-state index is 0.201. The van der Waals surface area contributed by atoms with E-state index in [-0.39, 0.29) is 6.61 Å². The molecule has 3 nitrogen and oxygen atoms in total. The highest BCUT2D eigenvalue weighted by atomic mass is 16.3. The molecule has 0 fully saturated rings. The normalized spacial score (nSPS) is 11.0. The van der Waals surface area contributed by atoms with Crippen LogP contribution in [0.4, 0.5) is 0 Å². The summed E-state index contributed by atoms with van der Waals surface area (Å²) in [4.78, 5) is 2.31. The molecular weight excluding hydrogens is 272 g/mol. The van der Waals surface area contributed by atoms with Gasteiger partial charge in [-0.05, 0) is 30.2 Å². The maximum atomic E-state index is 9.28. The van der Waals surface area contributed by atoms with Crippen LogP contribution in [-0.4, -0.2) is 36.8 Å². The monoisotopic (exact) mass is 298 g/mol. The van der Waals surface area contributed by atoms with Crippen molar-refractivity contribution in [1.29, 1.82) is 0 Å². The summed E-state index contributed by atoms with van der Waals surface area (Å²) in [6.07, 6.45) is 1.01. The Morgan fingerprint density at radius 1 is 0.864 bits per heavy atom. The average molecular weight is 298 g/mol. The van der Waals surface area contributed by atoms with E-state index in [2.05, 4.69) is 58.7 Å². The molecule has 0 aliphatic carbocycles. The fourth-order valence-corrected chi connectivity index (χ4v) is 2.57. The number of rotatable bonds is 9. The van der Waals surface area contributed by atoms with Gasteiger partial charge in [-0.3, -0.25) is 4.90 Å². The Morgan fingerprint density at radius 3 is 2.18 bits per heavy atom. The summed E-state index contributed by atoms with van der Waals surface area (Å²) in [6, 6.07) is 19.2. The van der Waals surface area contributed by atoms with Crippen LogP contribution in [0.3, 0.4) is 0 Å². The molecule has 0 unspecified atom stereocenters. The van der Waals surface area contributed by atoms with Crippen molar-refractivity contribution in [2.24, 2.45) is 0 Å². The molecule has 0 spiro atoms. The molecule has 0 saturated heterocycles. The van der Waals surface area contributed by atoms with Crippen LogP contribution >= 0.6 is 0 Å². The SMILES string of the molecule is CNCc1ccc(CN(CCO)CCc2ccccc2)cc1. The van der Waals surface area contributed by atoms with Crippen molar-refractivity contribution in [3.63, 3.8) is 0 Å². The van der Waals surface area contributed by atoms with Crippen molar-refractivity contribution in [3.05, 3.63) is 71.3 Å². The van der Waals surface area contributed by atoms with Crippen molar-refractivity contribution in [2.45, 2.75) is 19.5 Å². The van der Waals surface area contributed by atoms with Gasteiger partial charge < -0.3 is 10.4 Å². The van der Waals surface area contributed by atoms with Crippen molar-refractivity contribution >= 4 is 0 Å². The minimum Gasteiger partial charge on any atom is -0.395 e. The second-order valence-electron chi connectivity index (χ2n) is 5.58. The maximum Gasteiger partial charge on any atom is 0.0558 e. The molecule has 2 aromatic carbocycles. The molecule has 0 aromatic heterocycles. The summed E-state index contributed by atoms with van der Waals surface area (Å²) in [5.74, 6) is 0. The van der Waals surface area contributed by atoms with Crippen LogP contribution in [0.5, 0.6) is 0 Å². The number of hydrogen-bond acceptors (Lipinski definition) is 3. The van der Waals surface area contributed by atoms with Gasteiger partial charge in [0.15, 0.2) is 0 Å². The first-order valence-corrected chi connectivity index (χ1v) is 7.91. The zero-order valence-electron chi connectivity index (χ0n) is 13.3. The van der Waals surface area contributed by atoms with E-state index in [1.54, 1.807) is 0 Å². The minimum atomic E-state index is 0.201. The molecule has 0 saturated carbocycles. The smallest absolute Gasteiger partial charge is 0.0558 e. The van der Waals surface area contributed by atoms with E-state index in [0.29, 0.717) is 6.54 Å². The molecule has 118 valence electrons. The Bertz CT molecular complexity index is 525. The first-order valence-electron chi connectivity index (χ1n) is 7.91. The quantitative estimate of drug-likeness (QED) is 0.746. The van der Waals surface area contributed by atoms with Gasteiger partial charge in [0, 0.05) is 26.2 Å². The molecule has 2 rings (SSSR count). The van der Waals surface area contributed by atoms with Gasteiger partial charge in [0.2, 0.25) is 0 Å². The lowest BCUT2D eigenvalue weighted by Crippen LogP contribution is -2.28. The van der Waals surface area contributed by atoms with Gasteiger partial charge in [-0.2, -0.15) is 0 Å². The van der Waals surface area contributed by atoms with Gasteiger partial charge >= 0.3 is 0 Å². The number of nitrogens with zero attached hydrogens (tertiary/aromatic N) is 1. The summed E-state index contributed by atoms with van der Waals surface area (Å²) < 4.78 is 0. The predicted octanol–water partition coefficient (Wildman–Crippen LogP) is 2.44. The van der Waals surface area contributed by atoms with Crippen LogP contribution in [0.25, 0.3) is 0 Å². The molecule has 3 heteroatoms. The zero-order valence-corrected chi connectivity index (χ0v) is 13.3. The number of hydrogen-bond donors (Lipinski definition) is 2. The fourth-order valence-electron chi connectivity index (χ4n) is 2.57. The fraction of sp³-hybridized carbons (Fsp3) is 0.368. The van der Waals surface area contributed by atoms with Gasteiger partial charge in [-0.15, -0.1) is 0 Å². The molecule has 0 aliphatic rings. The Hall–Kier alpha value is -1.68. The van der Waals surface area contributed by atoms with Crippen LogP contribution in [0.2, 0.25) is 0 Å². The molecule has 0 radical (unpaired) electrons. The van der Waals surface area contributed by atoms with E-state index in [0.717, 1.165) is 26.1 Å². The third-order valence-corrected chi connectivity index (χ3v) is 3.79. The Labute approximate surface area is 133 Å².